The minimum atomic E-state index is -0.0177. The molecule has 0 spiro atoms. The van der Waals surface area contributed by atoms with Gasteiger partial charge in [-0.1, -0.05) is 0 Å². The van der Waals surface area contributed by atoms with E-state index in [1.165, 1.54) is 0 Å². The average molecular weight is 360 g/mol. The van der Waals surface area contributed by atoms with Crippen molar-refractivity contribution in [3.05, 3.63) is 0 Å². The quantitative estimate of drug-likeness (QED) is 0.770. The third kappa shape index (κ3) is 5.33. The largest absolute Gasteiger partial charge is 0.378 e. The number of carbonyl (C=O) groups is 2. The summed E-state index contributed by atoms with van der Waals surface area (Å²) in [5.74, 6) is 0.707. The molecule has 0 saturated carbocycles. The second-order valence-electron chi connectivity index (χ2n) is 7.08. The van der Waals surface area contributed by atoms with Crippen LogP contribution in [0.4, 0.5) is 0 Å². The summed E-state index contributed by atoms with van der Waals surface area (Å²) < 4.78 is 5.57. The third-order valence-corrected chi connectivity index (χ3v) is 5.24. The van der Waals surface area contributed by atoms with Crippen LogP contribution in [-0.4, -0.2) is 61.6 Å². The van der Waals surface area contributed by atoms with Crippen molar-refractivity contribution < 1.29 is 14.3 Å². The third-order valence-electron chi connectivity index (χ3n) is 5.24. The SMILES string of the molecule is Cl.O=C(NCC1CCCN(C(=O)CC2CCCO2)C1)C1CCCN1. The minimum absolute atomic E-state index is 0. The van der Waals surface area contributed by atoms with Gasteiger partial charge in [0.05, 0.1) is 18.6 Å². The standard InChI is InChI=1S/C17H29N3O3.ClH/c21-16(10-14-5-3-9-23-14)20-8-2-4-13(12-20)11-19-17(22)15-6-1-7-18-15;/h13-15,18H,1-12H2,(H,19,22);1H. The van der Waals surface area contributed by atoms with Crippen LogP contribution in [0.5, 0.6) is 0 Å². The summed E-state index contributed by atoms with van der Waals surface area (Å²) in [4.78, 5) is 26.4. The zero-order chi connectivity index (χ0) is 16.1. The minimum Gasteiger partial charge on any atom is -0.378 e. The van der Waals surface area contributed by atoms with Crippen molar-refractivity contribution in [2.24, 2.45) is 5.92 Å². The van der Waals surface area contributed by atoms with Gasteiger partial charge in [0, 0.05) is 26.2 Å². The molecule has 0 aromatic rings. The highest BCUT2D eigenvalue weighted by molar-refractivity contribution is 5.85. The Balaban J connectivity index is 0.00000208. The van der Waals surface area contributed by atoms with Gasteiger partial charge in [0.1, 0.15) is 0 Å². The number of ether oxygens (including phenoxy) is 1. The van der Waals surface area contributed by atoms with E-state index < -0.39 is 0 Å². The van der Waals surface area contributed by atoms with Gasteiger partial charge in [-0.15, -0.1) is 12.4 Å². The maximum absolute atomic E-state index is 12.4. The zero-order valence-electron chi connectivity index (χ0n) is 14.3. The number of halogens is 1. The van der Waals surface area contributed by atoms with Crippen LogP contribution in [0.2, 0.25) is 0 Å². The Hall–Kier alpha value is -0.850. The summed E-state index contributed by atoms with van der Waals surface area (Å²) in [7, 11) is 0. The lowest BCUT2D eigenvalue weighted by Gasteiger charge is -2.33. The van der Waals surface area contributed by atoms with E-state index in [0.717, 1.165) is 64.8 Å². The van der Waals surface area contributed by atoms with Crippen molar-refractivity contribution in [2.45, 2.75) is 57.1 Å². The Morgan fingerprint density at radius 1 is 1.17 bits per heavy atom. The molecule has 3 aliphatic heterocycles. The van der Waals surface area contributed by atoms with E-state index in [4.69, 9.17) is 4.74 Å². The van der Waals surface area contributed by atoms with E-state index in [2.05, 4.69) is 10.6 Å². The highest BCUT2D eigenvalue weighted by atomic mass is 35.5. The van der Waals surface area contributed by atoms with Crippen molar-refractivity contribution in [2.75, 3.05) is 32.8 Å². The smallest absolute Gasteiger partial charge is 0.237 e. The molecule has 2 amide bonds. The summed E-state index contributed by atoms with van der Waals surface area (Å²) in [6, 6.07) is -0.0177. The Morgan fingerprint density at radius 2 is 2.04 bits per heavy atom. The Kier molecular flexibility index (Phi) is 7.78. The highest BCUT2D eigenvalue weighted by Crippen LogP contribution is 2.20. The summed E-state index contributed by atoms with van der Waals surface area (Å²) in [6.07, 6.45) is 6.84. The molecule has 3 heterocycles. The maximum Gasteiger partial charge on any atom is 0.237 e. The fourth-order valence-electron chi connectivity index (χ4n) is 3.86. The predicted octanol–water partition coefficient (Wildman–Crippen LogP) is 1.08. The first kappa shape index (κ1) is 19.5. The lowest BCUT2D eigenvalue weighted by molar-refractivity contribution is -0.135. The number of rotatable bonds is 5. The Labute approximate surface area is 150 Å². The molecule has 3 aliphatic rings. The first-order valence-electron chi connectivity index (χ1n) is 9.13. The fraction of sp³-hybridized carbons (Fsp3) is 0.882. The molecule has 0 bridgehead atoms. The van der Waals surface area contributed by atoms with Gasteiger partial charge in [0.15, 0.2) is 0 Å². The molecule has 3 saturated heterocycles. The van der Waals surface area contributed by atoms with Gasteiger partial charge in [0.25, 0.3) is 0 Å². The summed E-state index contributed by atoms with van der Waals surface area (Å²) >= 11 is 0. The molecule has 6 nitrogen and oxygen atoms in total. The second kappa shape index (κ2) is 9.59. The first-order chi connectivity index (χ1) is 11.2. The van der Waals surface area contributed by atoms with Crippen molar-refractivity contribution in [1.82, 2.24) is 15.5 Å². The molecule has 3 fully saturated rings. The summed E-state index contributed by atoms with van der Waals surface area (Å²) in [5.41, 5.74) is 0. The number of carbonyl (C=O) groups excluding carboxylic acids is 2. The van der Waals surface area contributed by atoms with E-state index in [1.54, 1.807) is 0 Å². The molecular formula is C17H30ClN3O3. The molecule has 0 radical (unpaired) electrons. The number of amides is 2. The number of hydrogen-bond donors (Lipinski definition) is 2. The van der Waals surface area contributed by atoms with Crippen LogP contribution >= 0.6 is 12.4 Å². The monoisotopic (exact) mass is 359 g/mol. The first-order valence-corrected chi connectivity index (χ1v) is 9.13. The molecule has 3 atom stereocenters. The van der Waals surface area contributed by atoms with Crippen molar-refractivity contribution in [3.8, 4) is 0 Å². The van der Waals surface area contributed by atoms with Gasteiger partial charge < -0.3 is 20.3 Å². The Bertz CT molecular complexity index is 423. The van der Waals surface area contributed by atoms with Gasteiger partial charge in [-0.05, 0) is 51.0 Å². The zero-order valence-corrected chi connectivity index (χ0v) is 15.1. The Morgan fingerprint density at radius 3 is 2.75 bits per heavy atom. The van der Waals surface area contributed by atoms with Crippen LogP contribution in [0.25, 0.3) is 0 Å². The van der Waals surface area contributed by atoms with Gasteiger partial charge >= 0.3 is 0 Å². The number of piperidine rings is 1. The molecule has 2 N–H and O–H groups in total. The predicted molar refractivity (Wildman–Crippen MR) is 94.2 cm³/mol. The van der Waals surface area contributed by atoms with E-state index in [0.29, 0.717) is 18.9 Å². The highest BCUT2D eigenvalue weighted by Gasteiger charge is 2.28. The lowest BCUT2D eigenvalue weighted by Crippen LogP contribution is -2.47. The van der Waals surface area contributed by atoms with Crippen LogP contribution in [0, 0.1) is 5.92 Å². The molecule has 0 aromatic heterocycles. The van der Waals surface area contributed by atoms with Crippen molar-refractivity contribution >= 4 is 24.2 Å². The summed E-state index contributed by atoms with van der Waals surface area (Å²) in [6.45, 7) is 4.03. The summed E-state index contributed by atoms with van der Waals surface area (Å²) in [5, 5.41) is 6.28. The second-order valence-corrected chi connectivity index (χ2v) is 7.08. The average Bonchev–Trinajstić information content (AvgIpc) is 3.26. The van der Waals surface area contributed by atoms with Gasteiger partial charge in [-0.25, -0.2) is 0 Å². The molecule has 3 unspecified atom stereocenters. The van der Waals surface area contributed by atoms with E-state index in [-0.39, 0.29) is 36.4 Å². The van der Waals surface area contributed by atoms with E-state index in [1.807, 2.05) is 4.90 Å². The molecule has 3 rings (SSSR count). The number of nitrogens with zero attached hydrogens (tertiary/aromatic N) is 1. The normalized spacial score (nSPS) is 30.0. The van der Waals surface area contributed by atoms with Crippen molar-refractivity contribution in [3.63, 3.8) is 0 Å². The number of nitrogens with one attached hydrogen (secondary N) is 2. The van der Waals surface area contributed by atoms with Gasteiger partial charge in [-0.2, -0.15) is 0 Å². The molecule has 24 heavy (non-hydrogen) atoms. The molecule has 7 heteroatoms. The van der Waals surface area contributed by atoms with Crippen LogP contribution in [0.3, 0.4) is 0 Å². The van der Waals surface area contributed by atoms with Crippen LogP contribution in [-0.2, 0) is 14.3 Å². The van der Waals surface area contributed by atoms with Crippen LogP contribution in [0.1, 0.15) is 44.9 Å². The number of hydrogen-bond acceptors (Lipinski definition) is 4. The van der Waals surface area contributed by atoms with E-state index >= 15 is 0 Å². The molecule has 0 aromatic carbocycles. The van der Waals surface area contributed by atoms with E-state index in [9.17, 15) is 9.59 Å². The molecule has 138 valence electrons. The topological polar surface area (TPSA) is 70.7 Å². The molecule has 0 aliphatic carbocycles. The number of likely N-dealkylation sites (tertiary alicyclic amines) is 1. The van der Waals surface area contributed by atoms with Crippen molar-refractivity contribution in [1.29, 1.82) is 0 Å². The van der Waals surface area contributed by atoms with Gasteiger partial charge in [-0.3, -0.25) is 9.59 Å². The molecular weight excluding hydrogens is 330 g/mol. The van der Waals surface area contributed by atoms with Crippen LogP contribution in [0.15, 0.2) is 0 Å². The lowest BCUT2D eigenvalue weighted by atomic mass is 9.97. The van der Waals surface area contributed by atoms with Gasteiger partial charge in [0.2, 0.25) is 11.8 Å². The fourth-order valence-corrected chi connectivity index (χ4v) is 3.86. The van der Waals surface area contributed by atoms with Crippen LogP contribution < -0.4 is 10.6 Å². The maximum atomic E-state index is 12.4.